The van der Waals surface area contributed by atoms with E-state index in [9.17, 15) is 14.4 Å². The maximum absolute atomic E-state index is 12.5. The van der Waals surface area contributed by atoms with E-state index < -0.39 is 6.04 Å². The van der Waals surface area contributed by atoms with Crippen molar-refractivity contribution in [3.63, 3.8) is 0 Å². The van der Waals surface area contributed by atoms with Crippen LogP contribution in [-0.2, 0) is 14.4 Å². The predicted molar refractivity (Wildman–Crippen MR) is 100 cm³/mol. The summed E-state index contributed by atoms with van der Waals surface area (Å²) in [6.45, 7) is 0. The largest absolute Gasteiger partial charge is 0.359 e. The summed E-state index contributed by atoms with van der Waals surface area (Å²) in [5.74, 6) is 0.231. The summed E-state index contributed by atoms with van der Waals surface area (Å²) in [6.07, 6.45) is 8.16. The van der Waals surface area contributed by atoms with Gasteiger partial charge in [0.2, 0.25) is 17.7 Å². The molecule has 26 heavy (non-hydrogen) atoms. The molecule has 0 saturated heterocycles. The Hall–Kier alpha value is -1.63. The van der Waals surface area contributed by atoms with Crippen LogP contribution in [-0.4, -0.2) is 54.8 Å². The smallest absolute Gasteiger partial charge is 0.239 e. The van der Waals surface area contributed by atoms with Crippen molar-refractivity contribution in [2.75, 3.05) is 14.1 Å². The molecule has 3 amide bonds. The van der Waals surface area contributed by atoms with Gasteiger partial charge in [0.15, 0.2) is 0 Å². The van der Waals surface area contributed by atoms with Gasteiger partial charge in [0.25, 0.3) is 0 Å². The summed E-state index contributed by atoms with van der Waals surface area (Å²) in [5.41, 5.74) is 6.25. The van der Waals surface area contributed by atoms with Gasteiger partial charge < -0.3 is 21.3 Å². The van der Waals surface area contributed by atoms with Crippen molar-refractivity contribution in [1.82, 2.24) is 15.5 Å². The number of nitrogens with two attached hydrogens (primary N) is 1. The number of nitrogens with one attached hydrogen (secondary N) is 2. The molecule has 2 saturated carbocycles. The summed E-state index contributed by atoms with van der Waals surface area (Å²) in [4.78, 5) is 37.5. The zero-order chi connectivity index (χ0) is 19.1. The highest BCUT2D eigenvalue weighted by atomic mass is 16.2. The first-order valence-electron chi connectivity index (χ1n) is 9.94. The van der Waals surface area contributed by atoms with Crippen molar-refractivity contribution in [2.24, 2.45) is 11.7 Å². The number of likely N-dealkylation sites (N-methyl/N-ethyl adjacent to an activating group) is 1. The van der Waals surface area contributed by atoms with Crippen molar-refractivity contribution < 1.29 is 14.4 Å². The van der Waals surface area contributed by atoms with Crippen LogP contribution >= 0.6 is 0 Å². The van der Waals surface area contributed by atoms with Crippen LogP contribution in [0.5, 0.6) is 0 Å². The molecular weight excluding hydrogens is 332 g/mol. The first kappa shape index (κ1) is 20.7. The third-order valence-electron chi connectivity index (χ3n) is 5.99. The lowest BCUT2D eigenvalue weighted by molar-refractivity contribution is -0.136. The lowest BCUT2D eigenvalue weighted by Crippen LogP contribution is -2.52. The second-order valence-corrected chi connectivity index (χ2v) is 7.77. The number of hydrogen-bond donors (Lipinski definition) is 3. The molecule has 7 nitrogen and oxygen atoms in total. The Morgan fingerprint density at radius 2 is 1.65 bits per heavy atom. The molecule has 0 bridgehead atoms. The minimum absolute atomic E-state index is 0.00226. The number of amides is 3. The van der Waals surface area contributed by atoms with Crippen LogP contribution in [0.2, 0.25) is 0 Å². The van der Waals surface area contributed by atoms with E-state index in [2.05, 4.69) is 10.6 Å². The van der Waals surface area contributed by atoms with Crippen molar-refractivity contribution >= 4 is 17.7 Å². The quantitative estimate of drug-likeness (QED) is 0.594. The molecule has 148 valence electrons. The molecule has 0 aromatic heterocycles. The van der Waals surface area contributed by atoms with E-state index in [1.807, 2.05) is 11.9 Å². The standard InChI is InChI=1S/C19H34N4O3/c1-21-16(24)7-4-8-17(25)22-14-11-9-13(10-12-14)18(20)19(26)23(2)15-5-3-6-15/h13-15,18H,3-12,20H2,1-2H3,(H,21,24)(H,22,25)/t13?,14?,18-/m0/s1. The zero-order valence-corrected chi connectivity index (χ0v) is 16.1. The fourth-order valence-electron chi connectivity index (χ4n) is 3.85. The Balaban J connectivity index is 1.67. The number of carbonyl (C=O) groups excluding carboxylic acids is 3. The van der Waals surface area contributed by atoms with Gasteiger partial charge in [0.05, 0.1) is 6.04 Å². The lowest BCUT2D eigenvalue weighted by atomic mass is 9.80. The molecule has 7 heteroatoms. The van der Waals surface area contributed by atoms with Gasteiger partial charge >= 0.3 is 0 Å². The summed E-state index contributed by atoms with van der Waals surface area (Å²) in [6, 6.07) is 0.106. The average molecular weight is 367 g/mol. The topological polar surface area (TPSA) is 105 Å². The van der Waals surface area contributed by atoms with Gasteiger partial charge in [-0.1, -0.05) is 0 Å². The van der Waals surface area contributed by atoms with Crippen molar-refractivity contribution in [3.8, 4) is 0 Å². The minimum Gasteiger partial charge on any atom is -0.359 e. The SMILES string of the molecule is CNC(=O)CCCC(=O)NC1CCC([C@H](N)C(=O)N(C)C2CCC2)CC1. The minimum atomic E-state index is -0.426. The van der Waals surface area contributed by atoms with Crippen LogP contribution in [0.4, 0.5) is 0 Å². The second kappa shape index (κ2) is 9.90. The first-order chi connectivity index (χ1) is 12.4. The van der Waals surface area contributed by atoms with Crippen LogP contribution in [0.25, 0.3) is 0 Å². The number of carbonyl (C=O) groups is 3. The van der Waals surface area contributed by atoms with E-state index in [0.29, 0.717) is 25.3 Å². The van der Waals surface area contributed by atoms with Crippen LogP contribution in [0.15, 0.2) is 0 Å². The van der Waals surface area contributed by atoms with E-state index in [0.717, 1.165) is 38.5 Å². The molecule has 1 atom stereocenters. The molecule has 4 N–H and O–H groups in total. The average Bonchev–Trinajstić information content (AvgIpc) is 2.59. The van der Waals surface area contributed by atoms with E-state index in [-0.39, 0.29) is 29.7 Å². The van der Waals surface area contributed by atoms with E-state index in [1.54, 1.807) is 7.05 Å². The Bertz CT molecular complexity index is 499. The van der Waals surface area contributed by atoms with Gasteiger partial charge in [-0.25, -0.2) is 0 Å². The predicted octanol–water partition coefficient (Wildman–Crippen LogP) is 0.916. The van der Waals surface area contributed by atoms with Crippen molar-refractivity contribution in [2.45, 2.75) is 82.3 Å². The summed E-state index contributed by atoms with van der Waals surface area (Å²) in [7, 11) is 3.47. The molecule has 0 aromatic rings. The van der Waals surface area contributed by atoms with Gasteiger partial charge in [0.1, 0.15) is 0 Å². The van der Waals surface area contributed by atoms with Crippen LogP contribution < -0.4 is 16.4 Å². The molecule has 0 aliphatic heterocycles. The van der Waals surface area contributed by atoms with Crippen molar-refractivity contribution in [3.05, 3.63) is 0 Å². The van der Waals surface area contributed by atoms with Crippen LogP contribution in [0.1, 0.15) is 64.2 Å². The van der Waals surface area contributed by atoms with E-state index in [1.165, 1.54) is 6.42 Å². The maximum atomic E-state index is 12.5. The molecule has 2 rings (SSSR count). The van der Waals surface area contributed by atoms with E-state index >= 15 is 0 Å². The molecule has 0 spiro atoms. The first-order valence-corrected chi connectivity index (χ1v) is 9.94. The normalized spacial score (nSPS) is 24.3. The number of rotatable bonds is 8. The van der Waals surface area contributed by atoms with Gasteiger partial charge in [-0.15, -0.1) is 0 Å². The highest BCUT2D eigenvalue weighted by molar-refractivity contribution is 5.82. The van der Waals surface area contributed by atoms with Gasteiger partial charge in [0, 0.05) is 39.0 Å². The third kappa shape index (κ3) is 5.69. The molecule has 2 fully saturated rings. The fraction of sp³-hybridized carbons (Fsp3) is 0.842. The molecule has 0 heterocycles. The summed E-state index contributed by atoms with van der Waals surface area (Å²) < 4.78 is 0. The lowest BCUT2D eigenvalue weighted by Gasteiger charge is -2.38. The van der Waals surface area contributed by atoms with E-state index in [4.69, 9.17) is 5.73 Å². The van der Waals surface area contributed by atoms with Crippen LogP contribution in [0, 0.1) is 5.92 Å². The zero-order valence-electron chi connectivity index (χ0n) is 16.1. The Kier molecular flexibility index (Phi) is 7.87. The second-order valence-electron chi connectivity index (χ2n) is 7.77. The Morgan fingerprint density at radius 1 is 1.04 bits per heavy atom. The molecule has 0 unspecified atom stereocenters. The molecule has 0 radical (unpaired) electrons. The number of nitrogens with zero attached hydrogens (tertiary/aromatic N) is 1. The van der Waals surface area contributed by atoms with Crippen LogP contribution in [0.3, 0.4) is 0 Å². The van der Waals surface area contributed by atoms with Gasteiger partial charge in [-0.05, 0) is 57.3 Å². The van der Waals surface area contributed by atoms with Gasteiger partial charge in [-0.3, -0.25) is 14.4 Å². The van der Waals surface area contributed by atoms with Crippen molar-refractivity contribution in [1.29, 1.82) is 0 Å². The third-order valence-corrected chi connectivity index (χ3v) is 5.99. The fourth-order valence-corrected chi connectivity index (χ4v) is 3.85. The highest BCUT2D eigenvalue weighted by Crippen LogP contribution is 2.29. The number of hydrogen-bond acceptors (Lipinski definition) is 4. The Morgan fingerprint density at radius 3 is 2.19 bits per heavy atom. The molecule has 2 aliphatic rings. The highest BCUT2D eigenvalue weighted by Gasteiger charge is 2.34. The molecule has 2 aliphatic carbocycles. The summed E-state index contributed by atoms with van der Waals surface area (Å²) in [5, 5.41) is 5.61. The van der Waals surface area contributed by atoms with Gasteiger partial charge in [-0.2, -0.15) is 0 Å². The monoisotopic (exact) mass is 366 g/mol. The molecule has 0 aromatic carbocycles. The summed E-state index contributed by atoms with van der Waals surface area (Å²) >= 11 is 0. The maximum Gasteiger partial charge on any atom is 0.239 e. The molecular formula is C19H34N4O3. The Labute approximate surface area is 156 Å².